The molecule has 3 rings (SSSR count). The van der Waals surface area contributed by atoms with Gasteiger partial charge in [-0.05, 0) is 50.3 Å². The lowest BCUT2D eigenvalue weighted by atomic mass is 10.1. The fourth-order valence-electron chi connectivity index (χ4n) is 2.89. The molecule has 1 aliphatic carbocycles. The lowest BCUT2D eigenvalue weighted by Crippen LogP contribution is -2.37. The Kier molecular flexibility index (Phi) is 4.58. The van der Waals surface area contributed by atoms with E-state index in [9.17, 15) is 0 Å². The minimum absolute atomic E-state index is 0.471. The summed E-state index contributed by atoms with van der Waals surface area (Å²) < 4.78 is 5.71. The van der Waals surface area contributed by atoms with E-state index in [4.69, 9.17) is 4.74 Å². The van der Waals surface area contributed by atoms with Gasteiger partial charge in [-0.3, -0.25) is 0 Å². The van der Waals surface area contributed by atoms with E-state index in [0.717, 1.165) is 45.1 Å². The maximum absolute atomic E-state index is 5.71. The number of benzene rings is 1. The predicted octanol–water partition coefficient (Wildman–Crippen LogP) is 2.94. The highest BCUT2D eigenvalue weighted by Gasteiger charge is 2.21. The molecule has 3 heteroatoms. The van der Waals surface area contributed by atoms with Gasteiger partial charge < -0.3 is 15.0 Å². The molecule has 0 unspecified atom stereocenters. The quantitative estimate of drug-likeness (QED) is 0.863. The first-order valence-corrected chi connectivity index (χ1v) is 8.04. The molecule has 3 nitrogen and oxygen atoms in total. The molecule has 1 saturated heterocycles. The molecule has 0 amide bonds. The summed E-state index contributed by atoms with van der Waals surface area (Å²) in [7, 11) is 0. The Morgan fingerprint density at radius 2 is 1.80 bits per heavy atom. The molecule has 1 heterocycles. The summed E-state index contributed by atoms with van der Waals surface area (Å²) in [5.41, 5.74) is 2.75. The number of hydrogen-bond acceptors (Lipinski definition) is 3. The Morgan fingerprint density at radius 1 is 1.10 bits per heavy atom. The molecule has 1 aliphatic heterocycles. The van der Waals surface area contributed by atoms with Crippen molar-refractivity contribution in [3.8, 4) is 0 Å². The number of rotatable bonds is 6. The Labute approximate surface area is 122 Å². The van der Waals surface area contributed by atoms with Crippen LogP contribution < -0.4 is 10.2 Å². The van der Waals surface area contributed by atoms with Crippen molar-refractivity contribution < 1.29 is 4.74 Å². The summed E-state index contributed by atoms with van der Waals surface area (Å²) >= 11 is 0. The lowest BCUT2D eigenvalue weighted by Gasteiger charge is -2.33. The van der Waals surface area contributed by atoms with Crippen LogP contribution in [0.25, 0.3) is 0 Å². The zero-order valence-electron chi connectivity index (χ0n) is 12.5. The van der Waals surface area contributed by atoms with Gasteiger partial charge in [-0.1, -0.05) is 12.1 Å². The van der Waals surface area contributed by atoms with Crippen molar-refractivity contribution in [1.82, 2.24) is 5.32 Å². The lowest BCUT2D eigenvalue weighted by molar-refractivity contribution is 0.0459. The summed E-state index contributed by atoms with van der Waals surface area (Å²) in [6, 6.07) is 9.85. The average molecular weight is 274 g/mol. The molecule has 1 aromatic carbocycles. The van der Waals surface area contributed by atoms with Gasteiger partial charge in [0.2, 0.25) is 0 Å². The normalized spacial score (nSPS) is 20.4. The molecule has 20 heavy (non-hydrogen) atoms. The fourth-order valence-corrected chi connectivity index (χ4v) is 2.89. The molecular formula is C17H26N2O. The molecule has 0 radical (unpaired) electrons. The van der Waals surface area contributed by atoms with Crippen LogP contribution in [0.15, 0.2) is 24.3 Å². The van der Waals surface area contributed by atoms with Crippen LogP contribution >= 0.6 is 0 Å². The molecule has 0 spiro atoms. The first-order chi connectivity index (χ1) is 9.85. The maximum atomic E-state index is 5.71. The van der Waals surface area contributed by atoms with Crippen LogP contribution in [-0.4, -0.2) is 31.8 Å². The number of ether oxygens (including phenoxy) is 1. The minimum Gasteiger partial charge on any atom is -0.378 e. The zero-order valence-corrected chi connectivity index (χ0v) is 12.5. The van der Waals surface area contributed by atoms with Gasteiger partial charge in [0.05, 0.1) is 6.10 Å². The van der Waals surface area contributed by atoms with Crippen LogP contribution in [0.3, 0.4) is 0 Å². The van der Waals surface area contributed by atoms with Crippen molar-refractivity contribution in [2.75, 3.05) is 24.6 Å². The molecule has 0 atom stereocenters. The van der Waals surface area contributed by atoms with Gasteiger partial charge >= 0.3 is 0 Å². The highest BCUT2D eigenvalue weighted by molar-refractivity contribution is 5.48. The number of hydrogen-bond donors (Lipinski definition) is 1. The number of anilines is 1. The van der Waals surface area contributed by atoms with E-state index in [2.05, 4.69) is 41.4 Å². The first kappa shape index (κ1) is 13.9. The second-order valence-corrected chi connectivity index (χ2v) is 5.96. The third kappa shape index (κ3) is 3.74. The third-order valence-corrected chi connectivity index (χ3v) is 4.32. The van der Waals surface area contributed by atoms with E-state index in [1.807, 2.05) is 0 Å². The van der Waals surface area contributed by atoms with Crippen LogP contribution in [0.1, 0.15) is 38.2 Å². The van der Waals surface area contributed by atoms with Crippen LogP contribution in [0.2, 0.25) is 0 Å². The van der Waals surface area contributed by atoms with Crippen molar-refractivity contribution in [3.63, 3.8) is 0 Å². The monoisotopic (exact) mass is 274 g/mol. The summed E-state index contributed by atoms with van der Waals surface area (Å²) in [4.78, 5) is 2.48. The standard InChI is InChI=1S/C17H26N2O/c1-2-20-17-9-11-19(12-10-17)16-7-3-14(4-8-16)13-18-15-5-6-15/h3-4,7-8,15,17-18H,2,5-6,9-13H2,1H3. The molecular weight excluding hydrogens is 248 g/mol. The van der Waals surface area contributed by atoms with Gasteiger partial charge in [0, 0.05) is 38.0 Å². The molecule has 0 aromatic heterocycles. The molecule has 1 aromatic rings. The zero-order chi connectivity index (χ0) is 13.8. The Hall–Kier alpha value is -1.06. The van der Waals surface area contributed by atoms with Crippen molar-refractivity contribution in [2.24, 2.45) is 0 Å². The summed E-state index contributed by atoms with van der Waals surface area (Å²) in [6.45, 7) is 6.17. The topological polar surface area (TPSA) is 24.5 Å². The molecule has 0 bridgehead atoms. The molecule has 1 N–H and O–H groups in total. The molecule has 2 fully saturated rings. The van der Waals surface area contributed by atoms with Crippen LogP contribution in [0.4, 0.5) is 5.69 Å². The number of piperidine rings is 1. The largest absolute Gasteiger partial charge is 0.378 e. The van der Waals surface area contributed by atoms with Crippen LogP contribution in [0.5, 0.6) is 0 Å². The van der Waals surface area contributed by atoms with Crippen molar-refractivity contribution in [1.29, 1.82) is 0 Å². The highest BCUT2D eigenvalue weighted by atomic mass is 16.5. The maximum Gasteiger partial charge on any atom is 0.0608 e. The van der Waals surface area contributed by atoms with Gasteiger partial charge in [0.1, 0.15) is 0 Å². The van der Waals surface area contributed by atoms with Gasteiger partial charge in [0.25, 0.3) is 0 Å². The molecule has 110 valence electrons. The SMILES string of the molecule is CCOC1CCN(c2ccc(CNC3CC3)cc2)CC1. The molecule has 2 aliphatic rings. The summed E-state index contributed by atoms with van der Waals surface area (Å²) in [5.74, 6) is 0. The smallest absolute Gasteiger partial charge is 0.0608 e. The Balaban J connectivity index is 1.49. The fraction of sp³-hybridized carbons (Fsp3) is 0.647. The Bertz CT molecular complexity index is 406. The first-order valence-electron chi connectivity index (χ1n) is 8.04. The van der Waals surface area contributed by atoms with Gasteiger partial charge in [0.15, 0.2) is 0 Å². The average Bonchev–Trinajstić information content (AvgIpc) is 3.31. The second-order valence-electron chi connectivity index (χ2n) is 5.96. The van der Waals surface area contributed by atoms with Crippen LogP contribution in [-0.2, 0) is 11.3 Å². The predicted molar refractivity (Wildman–Crippen MR) is 83.2 cm³/mol. The van der Waals surface area contributed by atoms with E-state index >= 15 is 0 Å². The summed E-state index contributed by atoms with van der Waals surface area (Å²) in [5, 5.41) is 3.56. The molecule has 1 saturated carbocycles. The third-order valence-electron chi connectivity index (χ3n) is 4.32. The van der Waals surface area contributed by atoms with E-state index in [1.165, 1.54) is 24.1 Å². The van der Waals surface area contributed by atoms with Crippen molar-refractivity contribution >= 4 is 5.69 Å². The highest BCUT2D eigenvalue weighted by Crippen LogP contribution is 2.23. The summed E-state index contributed by atoms with van der Waals surface area (Å²) in [6.07, 6.45) is 5.48. The Morgan fingerprint density at radius 3 is 2.40 bits per heavy atom. The number of nitrogens with one attached hydrogen (secondary N) is 1. The van der Waals surface area contributed by atoms with E-state index < -0.39 is 0 Å². The van der Waals surface area contributed by atoms with Gasteiger partial charge in [-0.2, -0.15) is 0 Å². The number of nitrogens with zero attached hydrogens (tertiary/aromatic N) is 1. The van der Waals surface area contributed by atoms with E-state index in [0.29, 0.717) is 6.10 Å². The van der Waals surface area contributed by atoms with Gasteiger partial charge in [-0.25, -0.2) is 0 Å². The van der Waals surface area contributed by atoms with E-state index in [1.54, 1.807) is 0 Å². The van der Waals surface area contributed by atoms with Crippen molar-refractivity contribution in [2.45, 2.75) is 51.3 Å². The second kappa shape index (κ2) is 6.59. The van der Waals surface area contributed by atoms with Crippen LogP contribution in [0, 0.1) is 0 Å². The minimum atomic E-state index is 0.471. The van der Waals surface area contributed by atoms with Gasteiger partial charge in [-0.15, -0.1) is 0 Å². The van der Waals surface area contributed by atoms with E-state index in [-0.39, 0.29) is 0 Å². The van der Waals surface area contributed by atoms with Crippen molar-refractivity contribution in [3.05, 3.63) is 29.8 Å².